The average Bonchev–Trinajstić information content (AvgIpc) is 3.02. The van der Waals surface area contributed by atoms with Crippen molar-refractivity contribution in [2.45, 2.75) is 265 Å². The summed E-state index contributed by atoms with van der Waals surface area (Å²) in [4.78, 5) is 2.89. The zero-order chi connectivity index (χ0) is 32.2. The van der Waals surface area contributed by atoms with Gasteiger partial charge in [-0.05, 0) is 46.2 Å². The summed E-state index contributed by atoms with van der Waals surface area (Å²) in [7, 11) is 0. The molecule has 44 heavy (non-hydrogen) atoms. The predicted octanol–water partition coefficient (Wildman–Crippen LogP) is 15.8. The Kier molecular flexibility index (Phi) is 35.8. The fourth-order valence-electron chi connectivity index (χ4n) is 7.19. The highest BCUT2D eigenvalue weighted by Crippen LogP contribution is 2.24. The topological polar surface area (TPSA) is 3.24 Å². The number of hydrogen-bond donors (Lipinski definition) is 0. The van der Waals surface area contributed by atoms with Gasteiger partial charge < -0.3 is 0 Å². The molecule has 0 aromatic carbocycles. The molecule has 0 radical (unpaired) electrons. The fraction of sp³-hybridized carbons (Fsp3) is 1.00. The first-order chi connectivity index (χ1) is 21.6. The Bertz CT molecular complexity index is 475. The molecule has 0 rings (SSSR count). The second kappa shape index (κ2) is 35.8. The van der Waals surface area contributed by atoms with Crippen molar-refractivity contribution in [3.63, 3.8) is 0 Å². The van der Waals surface area contributed by atoms with Crippen LogP contribution < -0.4 is 0 Å². The molecule has 0 N–H and O–H groups in total. The van der Waals surface area contributed by atoms with Crippen LogP contribution in [0.3, 0.4) is 0 Å². The molecule has 0 aromatic heterocycles. The number of nitrogens with zero attached hydrogens (tertiary/aromatic N) is 1. The molecule has 1 nitrogen and oxygen atoms in total. The van der Waals surface area contributed by atoms with Crippen molar-refractivity contribution >= 4 is 0 Å². The Morgan fingerprint density at radius 2 is 0.477 bits per heavy atom. The van der Waals surface area contributed by atoms with Crippen molar-refractivity contribution in [3.8, 4) is 0 Å². The Hall–Kier alpha value is -0.0400. The van der Waals surface area contributed by atoms with Crippen LogP contribution in [0.1, 0.15) is 259 Å². The SMILES string of the molecule is CCCCCCCCCCCCCCCCCCN(CCCCCCCCCCCCCCCCCC)C(C)(C)CCCC. The second-order valence-corrected chi connectivity index (χ2v) is 15.5. The molecule has 0 fully saturated rings. The lowest BCUT2D eigenvalue weighted by Gasteiger charge is -2.39. The minimum absolute atomic E-state index is 0.376. The predicted molar refractivity (Wildman–Crippen MR) is 204 cm³/mol. The summed E-state index contributed by atoms with van der Waals surface area (Å²) in [6.07, 6.45) is 50.8. The summed E-state index contributed by atoms with van der Waals surface area (Å²) < 4.78 is 0. The van der Waals surface area contributed by atoms with E-state index in [4.69, 9.17) is 0 Å². The molecule has 0 amide bonds. The maximum Gasteiger partial charge on any atom is 0.0153 e. The van der Waals surface area contributed by atoms with E-state index in [0.717, 1.165) is 0 Å². The first-order valence-electron chi connectivity index (χ1n) is 21.3. The Morgan fingerprint density at radius 1 is 0.273 bits per heavy atom. The summed E-state index contributed by atoms with van der Waals surface area (Å²) >= 11 is 0. The van der Waals surface area contributed by atoms with Crippen molar-refractivity contribution in [1.82, 2.24) is 4.90 Å². The highest BCUT2D eigenvalue weighted by atomic mass is 15.2. The van der Waals surface area contributed by atoms with Crippen LogP contribution in [-0.4, -0.2) is 23.5 Å². The first-order valence-corrected chi connectivity index (χ1v) is 21.3. The summed E-state index contributed by atoms with van der Waals surface area (Å²) in [5.74, 6) is 0. The molecule has 0 saturated heterocycles. The van der Waals surface area contributed by atoms with E-state index < -0.39 is 0 Å². The van der Waals surface area contributed by atoms with Gasteiger partial charge in [0.25, 0.3) is 0 Å². The number of unbranched alkanes of at least 4 members (excludes halogenated alkanes) is 31. The van der Waals surface area contributed by atoms with E-state index in [1.54, 1.807) is 0 Å². The lowest BCUT2D eigenvalue weighted by atomic mass is 9.94. The van der Waals surface area contributed by atoms with E-state index in [2.05, 4.69) is 39.5 Å². The third-order valence-corrected chi connectivity index (χ3v) is 10.6. The highest BCUT2D eigenvalue weighted by molar-refractivity contribution is 4.81. The zero-order valence-electron chi connectivity index (χ0n) is 32.1. The molecule has 0 aliphatic heterocycles. The minimum Gasteiger partial charge on any atom is -0.298 e. The monoisotopic (exact) mass is 620 g/mol. The number of rotatable bonds is 38. The van der Waals surface area contributed by atoms with Crippen LogP contribution in [0.25, 0.3) is 0 Å². The lowest BCUT2D eigenvalue weighted by Crippen LogP contribution is -2.45. The largest absolute Gasteiger partial charge is 0.298 e. The Balaban J connectivity index is 3.78. The Labute approximate surface area is 282 Å². The van der Waals surface area contributed by atoms with Crippen molar-refractivity contribution in [2.24, 2.45) is 0 Å². The third kappa shape index (κ3) is 31.9. The molecular formula is C43H89N. The van der Waals surface area contributed by atoms with Gasteiger partial charge in [-0.2, -0.15) is 0 Å². The molecule has 0 spiro atoms. The highest BCUT2D eigenvalue weighted by Gasteiger charge is 2.25. The van der Waals surface area contributed by atoms with Gasteiger partial charge in [-0.25, -0.2) is 0 Å². The van der Waals surface area contributed by atoms with Gasteiger partial charge in [0, 0.05) is 5.54 Å². The normalized spacial score (nSPS) is 12.1. The van der Waals surface area contributed by atoms with Crippen LogP contribution in [0, 0.1) is 0 Å². The van der Waals surface area contributed by atoms with Gasteiger partial charge in [-0.1, -0.05) is 226 Å². The molecule has 0 aliphatic rings. The molecule has 0 atom stereocenters. The molecule has 266 valence electrons. The second-order valence-electron chi connectivity index (χ2n) is 15.5. The molecule has 0 saturated carbocycles. The van der Waals surface area contributed by atoms with Gasteiger partial charge in [0.15, 0.2) is 0 Å². The summed E-state index contributed by atoms with van der Waals surface area (Å²) in [5.41, 5.74) is 0.376. The van der Waals surface area contributed by atoms with E-state index in [0.29, 0.717) is 5.54 Å². The standard InChI is InChI=1S/C43H89N/c1-6-9-12-14-16-18-20-22-24-26-28-30-32-34-36-38-41-44(43(4,5)40-11-8-3)42-39-37-35-33-31-29-27-25-23-21-19-17-15-13-10-7-2/h6-42H2,1-5H3. The molecule has 0 unspecified atom stereocenters. The van der Waals surface area contributed by atoms with Crippen molar-refractivity contribution < 1.29 is 0 Å². The quantitative estimate of drug-likeness (QED) is 0.0621. The molecule has 0 aromatic rings. The van der Waals surface area contributed by atoms with Crippen molar-refractivity contribution in [3.05, 3.63) is 0 Å². The lowest BCUT2D eigenvalue weighted by molar-refractivity contribution is 0.103. The maximum absolute atomic E-state index is 2.89. The zero-order valence-corrected chi connectivity index (χ0v) is 32.1. The van der Waals surface area contributed by atoms with Crippen molar-refractivity contribution in [1.29, 1.82) is 0 Å². The van der Waals surface area contributed by atoms with Crippen LogP contribution in [0.4, 0.5) is 0 Å². The molecule has 0 bridgehead atoms. The van der Waals surface area contributed by atoms with Gasteiger partial charge in [0.2, 0.25) is 0 Å². The summed E-state index contributed by atoms with van der Waals surface area (Å²) in [6.45, 7) is 14.7. The molecule has 1 heteroatoms. The number of hydrogen-bond acceptors (Lipinski definition) is 1. The minimum atomic E-state index is 0.376. The molecule has 0 aliphatic carbocycles. The summed E-state index contributed by atoms with van der Waals surface area (Å²) in [5, 5.41) is 0. The van der Waals surface area contributed by atoms with E-state index in [-0.39, 0.29) is 0 Å². The molecular weight excluding hydrogens is 530 g/mol. The molecule has 0 heterocycles. The van der Waals surface area contributed by atoms with Crippen LogP contribution in [0.5, 0.6) is 0 Å². The maximum atomic E-state index is 2.89. The first kappa shape index (κ1) is 44.0. The van der Waals surface area contributed by atoms with Crippen LogP contribution in [-0.2, 0) is 0 Å². The van der Waals surface area contributed by atoms with E-state index in [1.807, 2.05) is 0 Å². The van der Waals surface area contributed by atoms with Gasteiger partial charge in [-0.3, -0.25) is 4.90 Å². The average molecular weight is 620 g/mol. The van der Waals surface area contributed by atoms with Crippen LogP contribution in [0.15, 0.2) is 0 Å². The van der Waals surface area contributed by atoms with Gasteiger partial charge >= 0.3 is 0 Å². The van der Waals surface area contributed by atoms with Gasteiger partial charge in [0.05, 0.1) is 0 Å². The van der Waals surface area contributed by atoms with Crippen molar-refractivity contribution in [2.75, 3.05) is 13.1 Å². The fourth-order valence-corrected chi connectivity index (χ4v) is 7.19. The van der Waals surface area contributed by atoms with Crippen LogP contribution >= 0.6 is 0 Å². The summed E-state index contributed by atoms with van der Waals surface area (Å²) in [6, 6.07) is 0. The van der Waals surface area contributed by atoms with Crippen LogP contribution in [0.2, 0.25) is 0 Å². The van der Waals surface area contributed by atoms with E-state index >= 15 is 0 Å². The third-order valence-electron chi connectivity index (χ3n) is 10.6. The van der Waals surface area contributed by atoms with Gasteiger partial charge in [0.1, 0.15) is 0 Å². The van der Waals surface area contributed by atoms with Gasteiger partial charge in [-0.15, -0.1) is 0 Å². The smallest absolute Gasteiger partial charge is 0.0153 e. The van der Waals surface area contributed by atoms with E-state index in [1.165, 1.54) is 238 Å². The Morgan fingerprint density at radius 3 is 0.705 bits per heavy atom. The van der Waals surface area contributed by atoms with E-state index in [9.17, 15) is 0 Å².